The summed E-state index contributed by atoms with van der Waals surface area (Å²) in [4.78, 5) is 0. The summed E-state index contributed by atoms with van der Waals surface area (Å²) in [6, 6.07) is 0. The van der Waals surface area contributed by atoms with Crippen molar-refractivity contribution in [3.8, 4) is 0 Å². The molecule has 42 valence electrons. The van der Waals surface area contributed by atoms with Crippen LogP contribution in [0, 0.1) is 0 Å². The quantitative estimate of drug-likeness (QED) is 0.533. The van der Waals surface area contributed by atoms with E-state index < -0.39 is 7.68 Å². The van der Waals surface area contributed by atoms with Gasteiger partial charge in [0.15, 0.2) is 0 Å². The lowest BCUT2D eigenvalue weighted by Crippen LogP contribution is -1.68. The lowest BCUT2D eigenvalue weighted by molar-refractivity contribution is 0.513. The Hall–Kier alpha value is -0.100. The van der Waals surface area contributed by atoms with E-state index in [-0.39, 0.29) is 0 Å². The van der Waals surface area contributed by atoms with Gasteiger partial charge in [0.1, 0.15) is 0 Å². The van der Waals surface area contributed by atoms with Gasteiger partial charge >= 0.3 is 7.68 Å². The standard InChI is InChI=1S/C4H9O2P/c1-2-3-4-7(5)6/h2-4H2,1H3. The molecular formula is C4H9O2P. The molecule has 0 N–H and O–H groups in total. The third-order valence-electron chi connectivity index (χ3n) is 0.694. The average Bonchev–Trinajstić information content (AvgIpc) is 1.61. The molecule has 0 saturated carbocycles. The Bertz CT molecular complexity index is 87.9. The van der Waals surface area contributed by atoms with Crippen LogP contribution >= 0.6 is 7.68 Å². The van der Waals surface area contributed by atoms with Gasteiger partial charge in [-0.1, -0.05) is 13.3 Å². The highest BCUT2D eigenvalue weighted by atomic mass is 31.1. The molecule has 0 aromatic carbocycles. The van der Waals surface area contributed by atoms with Crippen molar-refractivity contribution >= 4 is 7.68 Å². The highest BCUT2D eigenvalue weighted by Crippen LogP contribution is 2.05. The van der Waals surface area contributed by atoms with Gasteiger partial charge in [-0.3, -0.25) is 0 Å². The predicted octanol–water partition coefficient (Wildman–Crippen LogP) is 1.96. The van der Waals surface area contributed by atoms with Crippen molar-refractivity contribution in [1.82, 2.24) is 0 Å². The van der Waals surface area contributed by atoms with E-state index in [1.807, 2.05) is 6.92 Å². The summed E-state index contributed by atoms with van der Waals surface area (Å²) < 4.78 is 19.6. The van der Waals surface area contributed by atoms with Crippen LogP contribution in [-0.2, 0) is 9.13 Å². The molecule has 0 rings (SSSR count). The molecule has 0 unspecified atom stereocenters. The van der Waals surface area contributed by atoms with Gasteiger partial charge in [0, 0.05) is 0 Å². The summed E-state index contributed by atoms with van der Waals surface area (Å²) in [7, 11) is -2.11. The molecular weight excluding hydrogens is 111 g/mol. The van der Waals surface area contributed by atoms with E-state index in [0.717, 1.165) is 12.8 Å². The summed E-state index contributed by atoms with van der Waals surface area (Å²) in [5.74, 6) is 0. The SMILES string of the molecule is CCCCP(=O)=O. The maximum atomic E-state index is 9.80. The van der Waals surface area contributed by atoms with E-state index in [4.69, 9.17) is 0 Å². The average molecular weight is 120 g/mol. The van der Waals surface area contributed by atoms with Crippen molar-refractivity contribution in [2.75, 3.05) is 6.16 Å². The minimum Gasteiger partial charge on any atom is -0.237 e. The van der Waals surface area contributed by atoms with Crippen LogP contribution < -0.4 is 0 Å². The molecule has 0 spiro atoms. The maximum absolute atomic E-state index is 9.80. The van der Waals surface area contributed by atoms with Gasteiger partial charge in [-0.25, -0.2) is 9.13 Å². The van der Waals surface area contributed by atoms with Crippen molar-refractivity contribution in [2.24, 2.45) is 0 Å². The van der Waals surface area contributed by atoms with E-state index in [1.165, 1.54) is 0 Å². The summed E-state index contributed by atoms with van der Waals surface area (Å²) >= 11 is 0. The summed E-state index contributed by atoms with van der Waals surface area (Å²) in [6.45, 7) is 1.97. The van der Waals surface area contributed by atoms with Crippen LogP contribution in [-0.4, -0.2) is 6.16 Å². The van der Waals surface area contributed by atoms with Gasteiger partial charge in [0.25, 0.3) is 0 Å². The van der Waals surface area contributed by atoms with Crippen LogP contribution in [0.15, 0.2) is 0 Å². The van der Waals surface area contributed by atoms with Crippen LogP contribution in [0.2, 0.25) is 0 Å². The summed E-state index contributed by atoms with van der Waals surface area (Å²) in [6.07, 6.45) is 2.12. The summed E-state index contributed by atoms with van der Waals surface area (Å²) in [5.41, 5.74) is 0. The normalized spacial score (nSPS) is 8.71. The van der Waals surface area contributed by atoms with Crippen LogP contribution in [0.4, 0.5) is 0 Å². The first-order valence-corrected chi connectivity index (χ1v) is 3.75. The second-order valence-electron chi connectivity index (χ2n) is 1.41. The number of hydrogen-bond donors (Lipinski definition) is 0. The second-order valence-corrected chi connectivity index (χ2v) is 2.52. The van der Waals surface area contributed by atoms with E-state index in [9.17, 15) is 9.13 Å². The Morgan fingerprint density at radius 2 is 2.00 bits per heavy atom. The van der Waals surface area contributed by atoms with Gasteiger partial charge in [-0.05, 0) is 6.42 Å². The third-order valence-corrected chi connectivity index (χ3v) is 1.38. The van der Waals surface area contributed by atoms with Crippen molar-refractivity contribution < 1.29 is 9.13 Å². The molecule has 2 nitrogen and oxygen atoms in total. The van der Waals surface area contributed by atoms with Gasteiger partial charge < -0.3 is 0 Å². The molecule has 0 aromatic rings. The van der Waals surface area contributed by atoms with Crippen LogP contribution in [0.5, 0.6) is 0 Å². The zero-order chi connectivity index (χ0) is 5.70. The molecule has 0 aromatic heterocycles. The van der Waals surface area contributed by atoms with E-state index in [1.54, 1.807) is 0 Å². The summed E-state index contributed by atoms with van der Waals surface area (Å²) in [5, 5.41) is 0. The highest BCUT2D eigenvalue weighted by Gasteiger charge is 1.86. The maximum Gasteiger partial charge on any atom is 0.315 e. The first kappa shape index (κ1) is 6.90. The molecule has 0 fully saturated rings. The lowest BCUT2D eigenvalue weighted by atomic mass is 10.4. The largest absolute Gasteiger partial charge is 0.315 e. The molecule has 0 heterocycles. The highest BCUT2D eigenvalue weighted by molar-refractivity contribution is 7.30. The molecule has 7 heavy (non-hydrogen) atoms. The molecule has 0 atom stereocenters. The Morgan fingerprint density at radius 1 is 1.43 bits per heavy atom. The van der Waals surface area contributed by atoms with E-state index in [0.29, 0.717) is 6.16 Å². The lowest BCUT2D eigenvalue weighted by Gasteiger charge is -1.78. The zero-order valence-electron chi connectivity index (χ0n) is 4.39. The predicted molar refractivity (Wildman–Crippen MR) is 28.1 cm³/mol. The Morgan fingerprint density at radius 3 is 2.14 bits per heavy atom. The number of rotatable bonds is 3. The second kappa shape index (κ2) is 4.07. The van der Waals surface area contributed by atoms with Gasteiger partial charge in [0.2, 0.25) is 0 Å². The minimum absolute atomic E-state index is 0.353. The fourth-order valence-electron chi connectivity index (χ4n) is 0.287. The molecule has 0 aliphatic heterocycles. The molecule has 0 aliphatic carbocycles. The van der Waals surface area contributed by atoms with Crippen molar-refractivity contribution in [1.29, 1.82) is 0 Å². The number of unbranched alkanes of at least 4 members (excludes halogenated alkanes) is 1. The van der Waals surface area contributed by atoms with Crippen molar-refractivity contribution in [2.45, 2.75) is 19.8 Å². The van der Waals surface area contributed by atoms with E-state index in [2.05, 4.69) is 0 Å². The van der Waals surface area contributed by atoms with Gasteiger partial charge in [-0.2, -0.15) is 0 Å². The smallest absolute Gasteiger partial charge is 0.237 e. The van der Waals surface area contributed by atoms with Crippen LogP contribution in [0.25, 0.3) is 0 Å². The van der Waals surface area contributed by atoms with Crippen molar-refractivity contribution in [3.05, 3.63) is 0 Å². The molecule has 0 amide bonds. The van der Waals surface area contributed by atoms with Gasteiger partial charge in [-0.15, -0.1) is 0 Å². The Balaban J connectivity index is 2.98. The van der Waals surface area contributed by atoms with Crippen molar-refractivity contribution in [3.63, 3.8) is 0 Å². The molecule has 0 radical (unpaired) electrons. The Labute approximate surface area is 43.7 Å². The monoisotopic (exact) mass is 120 g/mol. The molecule has 0 aliphatic rings. The van der Waals surface area contributed by atoms with Crippen LogP contribution in [0.3, 0.4) is 0 Å². The first-order chi connectivity index (χ1) is 3.27. The number of hydrogen-bond acceptors (Lipinski definition) is 2. The topological polar surface area (TPSA) is 34.1 Å². The van der Waals surface area contributed by atoms with Gasteiger partial charge in [0.05, 0.1) is 6.16 Å². The molecule has 0 saturated heterocycles. The van der Waals surface area contributed by atoms with Crippen LogP contribution in [0.1, 0.15) is 19.8 Å². The first-order valence-electron chi connectivity index (χ1n) is 2.39. The Kier molecular flexibility index (Phi) is 4.01. The molecule has 3 heteroatoms. The van der Waals surface area contributed by atoms with E-state index >= 15 is 0 Å². The minimum atomic E-state index is -2.11. The fraction of sp³-hybridized carbons (Fsp3) is 1.00. The zero-order valence-corrected chi connectivity index (χ0v) is 5.28. The third kappa shape index (κ3) is 5.90. The fourth-order valence-corrected chi connectivity index (χ4v) is 0.862. The molecule has 0 bridgehead atoms.